The summed E-state index contributed by atoms with van der Waals surface area (Å²) in [5.41, 5.74) is 1.24. The molecule has 0 aromatic heterocycles. The number of halogens is 3. The molecule has 0 N–H and O–H groups in total. The molecule has 2 aromatic rings. The van der Waals surface area contributed by atoms with Crippen molar-refractivity contribution in [2.75, 3.05) is 13.7 Å². The van der Waals surface area contributed by atoms with Crippen LogP contribution in [0.25, 0.3) is 0 Å². The highest BCUT2D eigenvalue weighted by atomic mass is 35.5. The fraction of sp³-hybridized carbons (Fsp3) is 0.176. The highest BCUT2D eigenvalue weighted by Gasteiger charge is 2.36. The first kappa shape index (κ1) is 16.9. The summed E-state index contributed by atoms with van der Waals surface area (Å²) in [5, 5.41) is 0.457. The summed E-state index contributed by atoms with van der Waals surface area (Å²) in [6.07, 6.45) is 0. The summed E-state index contributed by atoms with van der Waals surface area (Å²) >= 11 is 11.8. The van der Waals surface area contributed by atoms with Crippen molar-refractivity contribution in [1.82, 2.24) is 9.80 Å². The van der Waals surface area contributed by atoms with Crippen LogP contribution in [0.1, 0.15) is 26.3 Å². The molecular weight excluding hydrogens is 354 g/mol. The van der Waals surface area contributed by atoms with Crippen LogP contribution in [0.15, 0.2) is 36.4 Å². The molecule has 0 aliphatic carbocycles. The van der Waals surface area contributed by atoms with Gasteiger partial charge in [0.15, 0.2) is 0 Å². The topological polar surface area (TPSA) is 40.6 Å². The van der Waals surface area contributed by atoms with Gasteiger partial charge in [-0.05, 0) is 36.9 Å². The van der Waals surface area contributed by atoms with Crippen LogP contribution in [-0.4, -0.2) is 35.3 Å². The van der Waals surface area contributed by atoms with E-state index in [1.165, 1.54) is 24.3 Å². The zero-order valence-corrected chi connectivity index (χ0v) is 14.2. The van der Waals surface area contributed by atoms with E-state index in [0.717, 1.165) is 10.5 Å². The maximum Gasteiger partial charge on any atom is 0.262 e. The Kier molecular flexibility index (Phi) is 4.58. The van der Waals surface area contributed by atoms with Gasteiger partial charge in [-0.3, -0.25) is 19.4 Å². The van der Waals surface area contributed by atoms with Gasteiger partial charge in [-0.1, -0.05) is 35.3 Å². The van der Waals surface area contributed by atoms with Gasteiger partial charge in [0.05, 0.1) is 27.8 Å². The predicted octanol–water partition coefficient (Wildman–Crippen LogP) is 3.82. The molecule has 0 spiro atoms. The summed E-state index contributed by atoms with van der Waals surface area (Å²) in [6.45, 7) is 0.477. The number of carbonyl (C=O) groups excluding carboxylic acids is 2. The van der Waals surface area contributed by atoms with E-state index in [0.29, 0.717) is 6.54 Å². The van der Waals surface area contributed by atoms with Crippen molar-refractivity contribution in [2.24, 2.45) is 0 Å². The van der Waals surface area contributed by atoms with Crippen molar-refractivity contribution < 1.29 is 14.0 Å². The van der Waals surface area contributed by atoms with Crippen molar-refractivity contribution in [1.29, 1.82) is 0 Å². The van der Waals surface area contributed by atoms with Crippen LogP contribution >= 0.6 is 23.2 Å². The first-order chi connectivity index (χ1) is 11.4. The summed E-state index contributed by atoms with van der Waals surface area (Å²) in [6, 6.07) is 8.99. The molecule has 3 rings (SSSR count). The number of amides is 2. The number of carbonyl (C=O) groups is 2. The van der Waals surface area contributed by atoms with E-state index in [4.69, 9.17) is 23.2 Å². The summed E-state index contributed by atoms with van der Waals surface area (Å²) in [4.78, 5) is 27.7. The molecule has 0 saturated carbocycles. The minimum Gasteiger partial charge on any atom is -0.284 e. The zero-order valence-electron chi connectivity index (χ0n) is 12.7. The minimum atomic E-state index is -0.417. The van der Waals surface area contributed by atoms with Gasteiger partial charge in [0.25, 0.3) is 11.8 Å². The standard InChI is InChI=1S/C17H13Cl2FN2O2/c1-21(8-10-3-2-4-11(20)5-10)9-22-16(23)12-6-14(18)15(19)7-13(12)17(22)24/h2-7H,8-9H2,1H3. The molecule has 24 heavy (non-hydrogen) atoms. The van der Waals surface area contributed by atoms with Crippen molar-refractivity contribution in [3.8, 4) is 0 Å². The Balaban J connectivity index is 1.76. The normalized spacial score (nSPS) is 13.8. The Bertz CT molecular complexity index is 800. The van der Waals surface area contributed by atoms with E-state index in [1.54, 1.807) is 24.1 Å². The molecule has 1 heterocycles. The minimum absolute atomic E-state index is 0.0814. The number of hydrogen-bond donors (Lipinski definition) is 0. The Morgan fingerprint density at radius 3 is 2.17 bits per heavy atom. The second-order valence-electron chi connectivity index (χ2n) is 5.64. The largest absolute Gasteiger partial charge is 0.284 e. The Labute approximate surface area is 148 Å². The van der Waals surface area contributed by atoms with Crippen molar-refractivity contribution in [2.45, 2.75) is 6.54 Å². The number of rotatable bonds is 4. The van der Waals surface area contributed by atoms with E-state index in [-0.39, 0.29) is 33.7 Å². The molecule has 4 nitrogen and oxygen atoms in total. The summed E-state index contributed by atoms with van der Waals surface area (Å²) in [7, 11) is 1.74. The molecule has 0 atom stereocenters. The van der Waals surface area contributed by atoms with Gasteiger partial charge < -0.3 is 0 Å². The van der Waals surface area contributed by atoms with Crippen LogP contribution in [-0.2, 0) is 6.54 Å². The molecule has 7 heteroatoms. The number of hydrogen-bond acceptors (Lipinski definition) is 3. The second-order valence-corrected chi connectivity index (χ2v) is 6.45. The lowest BCUT2D eigenvalue weighted by Gasteiger charge is -2.22. The van der Waals surface area contributed by atoms with Gasteiger partial charge in [0.2, 0.25) is 0 Å². The first-order valence-corrected chi connectivity index (χ1v) is 7.90. The fourth-order valence-electron chi connectivity index (χ4n) is 2.65. The maximum absolute atomic E-state index is 13.2. The molecule has 2 amide bonds. The molecular formula is C17H13Cl2FN2O2. The van der Waals surface area contributed by atoms with E-state index in [2.05, 4.69) is 0 Å². The number of imide groups is 1. The van der Waals surface area contributed by atoms with Gasteiger partial charge in [-0.25, -0.2) is 4.39 Å². The molecule has 0 radical (unpaired) electrons. The van der Waals surface area contributed by atoms with Crippen molar-refractivity contribution >= 4 is 35.0 Å². The monoisotopic (exact) mass is 366 g/mol. The number of fused-ring (bicyclic) bond motifs is 1. The fourth-order valence-corrected chi connectivity index (χ4v) is 2.98. The lowest BCUT2D eigenvalue weighted by atomic mass is 10.1. The van der Waals surface area contributed by atoms with E-state index >= 15 is 0 Å². The van der Waals surface area contributed by atoms with Crippen LogP contribution in [0, 0.1) is 5.82 Å². The Morgan fingerprint density at radius 1 is 1.04 bits per heavy atom. The van der Waals surface area contributed by atoms with Gasteiger partial charge in [0.1, 0.15) is 5.82 Å². The van der Waals surface area contributed by atoms with Gasteiger partial charge >= 0.3 is 0 Å². The van der Waals surface area contributed by atoms with E-state index in [9.17, 15) is 14.0 Å². The van der Waals surface area contributed by atoms with E-state index in [1.807, 2.05) is 0 Å². The summed E-state index contributed by atoms with van der Waals surface area (Å²) in [5.74, 6) is -1.16. The van der Waals surface area contributed by atoms with Crippen LogP contribution in [0.5, 0.6) is 0 Å². The van der Waals surface area contributed by atoms with E-state index < -0.39 is 11.8 Å². The quantitative estimate of drug-likeness (QED) is 0.772. The maximum atomic E-state index is 13.2. The first-order valence-electron chi connectivity index (χ1n) is 7.15. The molecule has 1 aliphatic rings. The van der Waals surface area contributed by atoms with Crippen LogP contribution in [0.2, 0.25) is 10.0 Å². The molecule has 0 unspecified atom stereocenters. The number of benzene rings is 2. The lowest BCUT2D eigenvalue weighted by molar-refractivity contribution is 0.0559. The van der Waals surface area contributed by atoms with Crippen LogP contribution < -0.4 is 0 Å². The molecule has 1 aliphatic heterocycles. The van der Waals surface area contributed by atoms with Gasteiger partial charge in [0, 0.05) is 6.54 Å². The summed E-state index contributed by atoms with van der Waals surface area (Å²) < 4.78 is 13.2. The average Bonchev–Trinajstić information content (AvgIpc) is 2.73. The predicted molar refractivity (Wildman–Crippen MR) is 89.7 cm³/mol. The third kappa shape index (κ3) is 3.15. The Morgan fingerprint density at radius 2 is 1.62 bits per heavy atom. The molecule has 0 fully saturated rings. The van der Waals surface area contributed by atoms with Crippen LogP contribution in [0.4, 0.5) is 4.39 Å². The molecule has 124 valence electrons. The van der Waals surface area contributed by atoms with Gasteiger partial charge in [-0.2, -0.15) is 0 Å². The van der Waals surface area contributed by atoms with Gasteiger partial charge in [-0.15, -0.1) is 0 Å². The third-order valence-corrected chi connectivity index (χ3v) is 4.46. The smallest absolute Gasteiger partial charge is 0.262 e. The SMILES string of the molecule is CN(Cc1cccc(F)c1)CN1C(=O)c2cc(Cl)c(Cl)cc2C1=O. The molecule has 2 aromatic carbocycles. The van der Waals surface area contributed by atoms with Crippen molar-refractivity contribution in [3.05, 3.63) is 69.0 Å². The molecule has 0 bridgehead atoms. The zero-order chi connectivity index (χ0) is 17.4. The number of nitrogens with zero attached hydrogens (tertiary/aromatic N) is 2. The highest BCUT2D eigenvalue weighted by molar-refractivity contribution is 6.43. The van der Waals surface area contributed by atoms with Crippen LogP contribution in [0.3, 0.4) is 0 Å². The lowest BCUT2D eigenvalue weighted by Crippen LogP contribution is -2.39. The molecule has 0 saturated heterocycles. The third-order valence-electron chi connectivity index (χ3n) is 3.74. The average molecular weight is 367 g/mol. The Hall–Kier alpha value is -1.95. The van der Waals surface area contributed by atoms with Crippen molar-refractivity contribution in [3.63, 3.8) is 0 Å². The highest BCUT2D eigenvalue weighted by Crippen LogP contribution is 2.31. The second kappa shape index (κ2) is 6.51.